The van der Waals surface area contributed by atoms with Crippen molar-refractivity contribution in [3.63, 3.8) is 0 Å². The van der Waals surface area contributed by atoms with Crippen LogP contribution in [0.1, 0.15) is 23.2 Å². The molecule has 1 saturated heterocycles. The third kappa shape index (κ3) is 2.76. The second kappa shape index (κ2) is 5.93. The zero-order chi connectivity index (χ0) is 15.6. The molecule has 5 nitrogen and oxygen atoms in total. The second-order valence-corrected chi connectivity index (χ2v) is 6.11. The van der Waals surface area contributed by atoms with E-state index in [1.165, 1.54) is 0 Å². The number of nitrogens with zero attached hydrogens (tertiary/aromatic N) is 1. The van der Waals surface area contributed by atoms with Crippen molar-refractivity contribution in [2.24, 2.45) is 5.41 Å². The number of aromatic amines is 1. The standard InChI is InChI=1S/C17H20N2O3/c1-19-8-6-17(11-20,7-9-19)12-22-16(21)14-10-18-15-5-3-2-4-13(14)15/h2-5,10-11,18H,6-9,12H2,1H3. The van der Waals surface area contributed by atoms with Crippen LogP contribution in [0, 0.1) is 5.41 Å². The third-order valence-corrected chi connectivity index (χ3v) is 4.53. The molecule has 5 heteroatoms. The summed E-state index contributed by atoms with van der Waals surface area (Å²) in [4.78, 5) is 29.0. The molecule has 1 aliphatic rings. The molecule has 0 atom stereocenters. The van der Waals surface area contributed by atoms with Crippen LogP contribution in [0.25, 0.3) is 10.9 Å². The number of H-pyrrole nitrogens is 1. The summed E-state index contributed by atoms with van der Waals surface area (Å²) >= 11 is 0. The fourth-order valence-corrected chi connectivity index (χ4v) is 2.89. The molecule has 3 rings (SSSR count). The molecule has 0 bridgehead atoms. The molecular weight excluding hydrogens is 280 g/mol. The fraction of sp³-hybridized carbons (Fsp3) is 0.412. The largest absolute Gasteiger partial charge is 0.461 e. The Morgan fingerprint density at radius 1 is 1.36 bits per heavy atom. The van der Waals surface area contributed by atoms with Gasteiger partial charge in [-0.15, -0.1) is 0 Å². The van der Waals surface area contributed by atoms with Gasteiger partial charge in [-0.2, -0.15) is 0 Å². The van der Waals surface area contributed by atoms with Crippen LogP contribution in [0.3, 0.4) is 0 Å². The summed E-state index contributed by atoms with van der Waals surface area (Å²) in [5.74, 6) is -0.377. The van der Waals surface area contributed by atoms with E-state index in [1.807, 2.05) is 31.3 Å². The number of benzene rings is 1. The van der Waals surface area contributed by atoms with Gasteiger partial charge in [0.05, 0.1) is 11.0 Å². The van der Waals surface area contributed by atoms with Crippen LogP contribution >= 0.6 is 0 Å². The molecule has 22 heavy (non-hydrogen) atoms. The van der Waals surface area contributed by atoms with Crippen molar-refractivity contribution in [3.8, 4) is 0 Å². The lowest BCUT2D eigenvalue weighted by atomic mass is 9.81. The SMILES string of the molecule is CN1CCC(C=O)(COC(=O)c2c[nH]c3ccccc23)CC1. The molecule has 0 unspecified atom stereocenters. The van der Waals surface area contributed by atoms with Gasteiger partial charge in [0.1, 0.15) is 12.9 Å². The van der Waals surface area contributed by atoms with Crippen LogP contribution in [0.5, 0.6) is 0 Å². The summed E-state index contributed by atoms with van der Waals surface area (Å²) in [7, 11) is 2.03. The average Bonchev–Trinajstić information content (AvgIpc) is 2.99. The number of esters is 1. The van der Waals surface area contributed by atoms with Crippen LogP contribution in [-0.2, 0) is 9.53 Å². The minimum absolute atomic E-state index is 0.155. The number of aromatic nitrogens is 1. The Balaban J connectivity index is 1.70. The number of nitrogens with one attached hydrogen (secondary N) is 1. The van der Waals surface area contributed by atoms with Crippen LogP contribution in [0.2, 0.25) is 0 Å². The quantitative estimate of drug-likeness (QED) is 0.695. The van der Waals surface area contributed by atoms with Gasteiger partial charge in [-0.3, -0.25) is 0 Å². The van der Waals surface area contributed by atoms with Gasteiger partial charge < -0.3 is 19.4 Å². The normalized spacial score (nSPS) is 18.2. The fourth-order valence-electron chi connectivity index (χ4n) is 2.89. The van der Waals surface area contributed by atoms with Crippen molar-refractivity contribution < 1.29 is 14.3 Å². The van der Waals surface area contributed by atoms with E-state index in [9.17, 15) is 9.59 Å². The summed E-state index contributed by atoms with van der Waals surface area (Å²) < 4.78 is 5.45. The molecule has 2 heterocycles. The first-order valence-corrected chi connectivity index (χ1v) is 7.52. The molecule has 1 aromatic heterocycles. The molecule has 1 aromatic carbocycles. The number of hydrogen-bond acceptors (Lipinski definition) is 4. The van der Waals surface area contributed by atoms with Crippen molar-refractivity contribution >= 4 is 23.2 Å². The Bertz CT molecular complexity index is 684. The first kappa shape index (κ1) is 14.8. The predicted molar refractivity (Wildman–Crippen MR) is 83.8 cm³/mol. The molecule has 116 valence electrons. The maximum Gasteiger partial charge on any atom is 0.340 e. The van der Waals surface area contributed by atoms with Gasteiger partial charge in [0.25, 0.3) is 0 Å². The highest BCUT2D eigenvalue weighted by Gasteiger charge is 2.35. The van der Waals surface area contributed by atoms with E-state index in [2.05, 4.69) is 9.88 Å². The molecule has 0 spiro atoms. The monoisotopic (exact) mass is 300 g/mol. The zero-order valence-electron chi connectivity index (χ0n) is 12.7. The number of likely N-dealkylation sites (tertiary alicyclic amines) is 1. The smallest absolute Gasteiger partial charge is 0.340 e. The first-order chi connectivity index (χ1) is 10.6. The highest BCUT2D eigenvalue weighted by molar-refractivity contribution is 6.04. The molecule has 1 aliphatic heterocycles. The Kier molecular flexibility index (Phi) is 3.98. The topological polar surface area (TPSA) is 62.4 Å². The maximum atomic E-state index is 12.3. The van der Waals surface area contributed by atoms with Gasteiger partial charge in [-0.25, -0.2) is 4.79 Å². The van der Waals surface area contributed by atoms with Crippen LogP contribution in [-0.4, -0.2) is 48.9 Å². The van der Waals surface area contributed by atoms with Crippen LogP contribution < -0.4 is 0 Å². The number of fused-ring (bicyclic) bond motifs is 1. The molecule has 0 aliphatic carbocycles. The zero-order valence-corrected chi connectivity index (χ0v) is 12.7. The average molecular weight is 300 g/mol. The molecule has 0 saturated carbocycles. The molecule has 1 N–H and O–H groups in total. The molecule has 0 radical (unpaired) electrons. The summed E-state index contributed by atoms with van der Waals surface area (Å²) in [6, 6.07) is 7.59. The number of piperidine rings is 1. The lowest BCUT2D eigenvalue weighted by Gasteiger charge is -2.35. The van der Waals surface area contributed by atoms with Crippen LogP contribution in [0.15, 0.2) is 30.5 Å². The number of carbonyl (C=O) groups excluding carboxylic acids is 2. The van der Waals surface area contributed by atoms with Crippen molar-refractivity contribution in [2.45, 2.75) is 12.8 Å². The first-order valence-electron chi connectivity index (χ1n) is 7.52. The van der Waals surface area contributed by atoms with E-state index in [0.717, 1.165) is 43.1 Å². The van der Waals surface area contributed by atoms with Gasteiger partial charge in [-0.1, -0.05) is 18.2 Å². The third-order valence-electron chi connectivity index (χ3n) is 4.53. The van der Waals surface area contributed by atoms with Gasteiger partial charge >= 0.3 is 5.97 Å². The number of aldehydes is 1. The van der Waals surface area contributed by atoms with Crippen molar-refractivity contribution in [1.82, 2.24) is 9.88 Å². The predicted octanol–water partition coefficient (Wildman–Crippen LogP) is 2.24. The molecule has 0 amide bonds. The van der Waals surface area contributed by atoms with Gasteiger partial charge in [0.2, 0.25) is 0 Å². The van der Waals surface area contributed by atoms with E-state index in [4.69, 9.17) is 4.74 Å². The van der Waals surface area contributed by atoms with Gasteiger partial charge in [0, 0.05) is 17.1 Å². The lowest BCUT2D eigenvalue weighted by Crippen LogP contribution is -2.42. The number of para-hydroxylation sites is 1. The molecule has 2 aromatic rings. The minimum Gasteiger partial charge on any atom is -0.461 e. The number of hydrogen-bond donors (Lipinski definition) is 1. The Hall–Kier alpha value is -2.14. The Morgan fingerprint density at radius 3 is 2.82 bits per heavy atom. The van der Waals surface area contributed by atoms with E-state index in [0.29, 0.717) is 5.56 Å². The highest BCUT2D eigenvalue weighted by Crippen LogP contribution is 2.29. The van der Waals surface area contributed by atoms with Gasteiger partial charge in [-0.05, 0) is 39.0 Å². The highest BCUT2D eigenvalue weighted by atomic mass is 16.5. The van der Waals surface area contributed by atoms with E-state index >= 15 is 0 Å². The Labute approximate surface area is 129 Å². The van der Waals surface area contributed by atoms with Gasteiger partial charge in [0.15, 0.2) is 0 Å². The number of ether oxygens (including phenoxy) is 1. The summed E-state index contributed by atoms with van der Waals surface area (Å²) in [6.07, 6.45) is 4.08. The van der Waals surface area contributed by atoms with E-state index in [-0.39, 0.29) is 12.6 Å². The molecular formula is C17H20N2O3. The maximum absolute atomic E-state index is 12.3. The van der Waals surface area contributed by atoms with Crippen molar-refractivity contribution in [3.05, 3.63) is 36.0 Å². The summed E-state index contributed by atoms with van der Waals surface area (Å²) in [5, 5.41) is 0.844. The second-order valence-electron chi connectivity index (χ2n) is 6.11. The van der Waals surface area contributed by atoms with E-state index in [1.54, 1.807) is 6.20 Å². The van der Waals surface area contributed by atoms with E-state index < -0.39 is 5.41 Å². The van der Waals surface area contributed by atoms with Crippen molar-refractivity contribution in [1.29, 1.82) is 0 Å². The van der Waals surface area contributed by atoms with Crippen LogP contribution in [0.4, 0.5) is 0 Å². The number of carbonyl (C=O) groups is 2. The summed E-state index contributed by atoms with van der Waals surface area (Å²) in [6.45, 7) is 1.86. The molecule has 1 fully saturated rings. The lowest BCUT2D eigenvalue weighted by molar-refractivity contribution is -0.121. The Morgan fingerprint density at radius 2 is 2.09 bits per heavy atom. The minimum atomic E-state index is -0.533. The van der Waals surface area contributed by atoms with Crippen molar-refractivity contribution in [2.75, 3.05) is 26.7 Å². The number of rotatable bonds is 4. The summed E-state index contributed by atoms with van der Waals surface area (Å²) in [5.41, 5.74) is 0.886.